The molecule has 0 aliphatic carbocycles. The molecular weight excluding hydrogens is 421 g/mol. The van der Waals surface area contributed by atoms with Crippen LogP contribution in [0.15, 0.2) is 60.7 Å². The normalized spacial score (nSPS) is 13.2. The van der Waals surface area contributed by atoms with Crippen LogP contribution >= 0.6 is 23.2 Å². The number of carbonyl (C=O) groups excluding carboxylic acids is 2. The van der Waals surface area contributed by atoms with Crippen LogP contribution in [0.3, 0.4) is 0 Å². The third-order valence-corrected chi connectivity index (χ3v) is 5.93. The number of ketones is 1. The molecule has 0 atom stereocenters. The lowest BCUT2D eigenvalue weighted by atomic mass is 10.0. The molecule has 0 saturated carbocycles. The smallest absolute Gasteiger partial charge is 0.253 e. The second kappa shape index (κ2) is 7.27. The first-order chi connectivity index (χ1) is 14.6. The van der Waals surface area contributed by atoms with Gasteiger partial charge in [0.2, 0.25) is 0 Å². The number of rotatable bonds is 3. The van der Waals surface area contributed by atoms with Crippen LogP contribution in [0.1, 0.15) is 26.3 Å². The average molecular weight is 436 g/mol. The van der Waals surface area contributed by atoms with Crippen molar-refractivity contribution in [3.05, 3.63) is 87.4 Å². The van der Waals surface area contributed by atoms with Crippen molar-refractivity contribution >= 4 is 45.9 Å². The van der Waals surface area contributed by atoms with Gasteiger partial charge in [0.05, 0.1) is 32.2 Å². The SMILES string of the molecule is O=C(c1ccccc1)c1c(Cl)ccc(-c2nc3cccc4c3n2CCNC4=O)c1Cl. The molecule has 0 saturated heterocycles. The second-order valence-electron chi connectivity index (χ2n) is 7.00. The largest absolute Gasteiger partial charge is 0.350 e. The standard InChI is InChI=1S/C23H15Cl2N3O2/c24-16-10-9-14(19(25)18(16)21(29)13-5-2-1-3-6-13)22-27-17-8-4-7-15-20(17)28(22)12-11-26-23(15)30/h1-10H,11-12H2,(H,26,30). The molecule has 2 heterocycles. The van der Waals surface area contributed by atoms with Crippen molar-refractivity contribution in [2.45, 2.75) is 6.54 Å². The minimum Gasteiger partial charge on any atom is -0.350 e. The van der Waals surface area contributed by atoms with Gasteiger partial charge in [0.25, 0.3) is 5.91 Å². The van der Waals surface area contributed by atoms with Crippen molar-refractivity contribution in [3.63, 3.8) is 0 Å². The lowest BCUT2D eigenvalue weighted by molar-refractivity contribution is 0.0956. The van der Waals surface area contributed by atoms with E-state index < -0.39 is 0 Å². The number of amides is 1. The molecular formula is C23H15Cl2N3O2. The summed E-state index contributed by atoms with van der Waals surface area (Å²) in [7, 11) is 0. The summed E-state index contributed by atoms with van der Waals surface area (Å²) in [6.45, 7) is 1.00. The number of aromatic nitrogens is 2. The Morgan fingerprint density at radius 2 is 1.77 bits per heavy atom. The summed E-state index contributed by atoms with van der Waals surface area (Å²) in [5.74, 6) is 0.211. The molecule has 7 heteroatoms. The molecule has 5 rings (SSSR count). The summed E-state index contributed by atoms with van der Waals surface area (Å²) in [5.41, 5.74) is 3.35. The zero-order chi connectivity index (χ0) is 20.8. The lowest BCUT2D eigenvalue weighted by Gasteiger charge is -2.13. The Labute approximate surface area is 182 Å². The quantitative estimate of drug-likeness (QED) is 0.461. The minimum atomic E-state index is -0.253. The van der Waals surface area contributed by atoms with Gasteiger partial charge in [-0.15, -0.1) is 0 Å². The predicted octanol–water partition coefficient (Wildman–Crippen LogP) is 4.98. The predicted molar refractivity (Wildman–Crippen MR) is 117 cm³/mol. The maximum absolute atomic E-state index is 13.1. The highest BCUT2D eigenvalue weighted by Gasteiger charge is 2.25. The number of imidazole rings is 1. The molecule has 0 unspecified atom stereocenters. The number of hydrogen-bond acceptors (Lipinski definition) is 3. The van der Waals surface area contributed by atoms with Crippen LogP contribution < -0.4 is 5.32 Å². The Morgan fingerprint density at radius 3 is 2.57 bits per heavy atom. The van der Waals surface area contributed by atoms with E-state index in [2.05, 4.69) is 5.32 Å². The van der Waals surface area contributed by atoms with E-state index >= 15 is 0 Å². The molecule has 5 nitrogen and oxygen atoms in total. The molecule has 1 aliphatic rings. The monoisotopic (exact) mass is 435 g/mol. The summed E-state index contributed by atoms with van der Waals surface area (Å²) >= 11 is 13.1. The van der Waals surface area contributed by atoms with Crippen molar-refractivity contribution in [1.82, 2.24) is 14.9 Å². The molecule has 4 aromatic rings. The number of nitrogens with one attached hydrogen (secondary N) is 1. The van der Waals surface area contributed by atoms with Crippen molar-refractivity contribution in [1.29, 1.82) is 0 Å². The van der Waals surface area contributed by atoms with Gasteiger partial charge in [0.15, 0.2) is 5.78 Å². The number of carbonyl (C=O) groups is 2. The van der Waals surface area contributed by atoms with Crippen molar-refractivity contribution in [3.8, 4) is 11.4 Å². The highest BCUT2D eigenvalue weighted by atomic mass is 35.5. The van der Waals surface area contributed by atoms with Crippen LogP contribution in [0.2, 0.25) is 10.0 Å². The summed E-state index contributed by atoms with van der Waals surface area (Å²) < 4.78 is 1.97. The molecule has 148 valence electrons. The Morgan fingerprint density at radius 1 is 0.967 bits per heavy atom. The summed E-state index contributed by atoms with van der Waals surface area (Å²) in [4.78, 5) is 30.3. The number of halogens is 2. The first-order valence-corrected chi connectivity index (χ1v) is 10.2. The van der Waals surface area contributed by atoms with Crippen molar-refractivity contribution in [2.24, 2.45) is 0 Å². The first kappa shape index (κ1) is 18.9. The highest BCUT2D eigenvalue weighted by Crippen LogP contribution is 2.37. The molecule has 0 radical (unpaired) electrons. The Balaban J connectivity index is 1.74. The summed E-state index contributed by atoms with van der Waals surface area (Å²) in [5, 5.41) is 3.42. The van der Waals surface area contributed by atoms with Gasteiger partial charge >= 0.3 is 0 Å². The average Bonchev–Trinajstić information content (AvgIpc) is 3.03. The fourth-order valence-electron chi connectivity index (χ4n) is 3.84. The Kier molecular flexibility index (Phi) is 4.57. The van der Waals surface area contributed by atoms with Gasteiger partial charge in [-0.25, -0.2) is 4.98 Å². The molecule has 1 aromatic heterocycles. The lowest BCUT2D eigenvalue weighted by Crippen LogP contribution is -2.24. The highest BCUT2D eigenvalue weighted by molar-refractivity contribution is 6.42. The molecule has 0 bridgehead atoms. The maximum atomic E-state index is 13.1. The van der Waals surface area contributed by atoms with Crippen LogP contribution in [0.4, 0.5) is 0 Å². The molecule has 1 N–H and O–H groups in total. The molecule has 0 spiro atoms. The molecule has 1 amide bonds. The third-order valence-electron chi connectivity index (χ3n) is 5.23. The van der Waals surface area contributed by atoms with Gasteiger partial charge in [0, 0.05) is 24.2 Å². The zero-order valence-electron chi connectivity index (χ0n) is 15.7. The van der Waals surface area contributed by atoms with E-state index in [-0.39, 0.29) is 27.3 Å². The third kappa shape index (κ3) is 2.90. The van der Waals surface area contributed by atoms with E-state index in [1.54, 1.807) is 48.5 Å². The van der Waals surface area contributed by atoms with E-state index in [1.807, 2.05) is 16.7 Å². The van der Waals surface area contributed by atoms with E-state index in [1.165, 1.54) is 0 Å². The number of hydrogen-bond donors (Lipinski definition) is 1. The van der Waals surface area contributed by atoms with Gasteiger partial charge in [0.1, 0.15) is 5.82 Å². The molecule has 1 aliphatic heterocycles. The summed E-state index contributed by atoms with van der Waals surface area (Å²) in [6.07, 6.45) is 0. The molecule has 3 aromatic carbocycles. The van der Waals surface area contributed by atoms with Gasteiger partial charge in [-0.3, -0.25) is 9.59 Å². The zero-order valence-corrected chi connectivity index (χ0v) is 17.2. The number of para-hydroxylation sites is 1. The van der Waals surface area contributed by atoms with Gasteiger partial charge in [-0.2, -0.15) is 0 Å². The Bertz CT molecular complexity index is 1330. The molecule has 0 fully saturated rings. The van der Waals surface area contributed by atoms with Crippen LogP contribution in [0, 0.1) is 0 Å². The van der Waals surface area contributed by atoms with Crippen LogP contribution in [-0.2, 0) is 6.54 Å². The van der Waals surface area contributed by atoms with Crippen LogP contribution in [0.5, 0.6) is 0 Å². The van der Waals surface area contributed by atoms with E-state index in [0.717, 1.165) is 5.52 Å². The number of nitrogens with zero attached hydrogens (tertiary/aromatic N) is 2. The first-order valence-electron chi connectivity index (χ1n) is 9.42. The van der Waals surface area contributed by atoms with E-state index in [9.17, 15) is 9.59 Å². The van der Waals surface area contributed by atoms with Gasteiger partial charge < -0.3 is 9.88 Å². The summed E-state index contributed by atoms with van der Waals surface area (Å²) in [6, 6.07) is 17.7. The maximum Gasteiger partial charge on any atom is 0.253 e. The van der Waals surface area contributed by atoms with E-state index in [4.69, 9.17) is 28.2 Å². The van der Waals surface area contributed by atoms with Gasteiger partial charge in [-0.05, 0) is 24.3 Å². The second-order valence-corrected chi connectivity index (χ2v) is 7.78. The molecule has 30 heavy (non-hydrogen) atoms. The van der Waals surface area contributed by atoms with Crippen molar-refractivity contribution < 1.29 is 9.59 Å². The van der Waals surface area contributed by atoms with Crippen molar-refractivity contribution in [2.75, 3.05) is 6.54 Å². The Hall–Kier alpha value is -3.15. The topological polar surface area (TPSA) is 64.0 Å². The fraction of sp³-hybridized carbons (Fsp3) is 0.0870. The van der Waals surface area contributed by atoms with Crippen LogP contribution in [0.25, 0.3) is 22.4 Å². The minimum absolute atomic E-state index is 0.132. The van der Waals surface area contributed by atoms with E-state index in [0.29, 0.717) is 41.1 Å². The van der Waals surface area contributed by atoms with Gasteiger partial charge in [-0.1, -0.05) is 59.6 Å². The number of benzene rings is 3. The fourth-order valence-corrected chi connectivity index (χ4v) is 4.46. The van der Waals surface area contributed by atoms with Crippen LogP contribution in [-0.4, -0.2) is 27.8 Å².